The van der Waals surface area contributed by atoms with E-state index in [0.717, 1.165) is 6.54 Å². The number of rotatable bonds is 5. The summed E-state index contributed by atoms with van der Waals surface area (Å²) >= 11 is 0. The van der Waals surface area contributed by atoms with E-state index in [4.69, 9.17) is 0 Å². The molecule has 1 atom stereocenters. The van der Waals surface area contributed by atoms with Gasteiger partial charge in [0.05, 0.1) is 12.4 Å². The molecular formula is C14H24N4O. The van der Waals surface area contributed by atoms with Crippen LogP contribution in [0.15, 0.2) is 12.4 Å². The Morgan fingerprint density at radius 3 is 2.47 bits per heavy atom. The van der Waals surface area contributed by atoms with Gasteiger partial charge in [0.15, 0.2) is 0 Å². The lowest BCUT2D eigenvalue weighted by Crippen LogP contribution is -2.34. The van der Waals surface area contributed by atoms with Gasteiger partial charge in [0, 0.05) is 13.1 Å². The molecule has 0 radical (unpaired) electrons. The molecule has 0 spiro atoms. The van der Waals surface area contributed by atoms with Crippen LogP contribution in [0.25, 0.3) is 0 Å². The van der Waals surface area contributed by atoms with E-state index in [1.807, 2.05) is 6.92 Å². The highest BCUT2D eigenvalue weighted by Gasteiger charge is 2.20. The SMILES string of the molecule is CCNc1cnc(C(=O)NCC(C)C(C)(C)C)cn1. The maximum atomic E-state index is 11.9. The van der Waals surface area contributed by atoms with Crippen molar-refractivity contribution in [2.24, 2.45) is 11.3 Å². The van der Waals surface area contributed by atoms with Crippen molar-refractivity contribution in [2.45, 2.75) is 34.6 Å². The second-order valence-corrected chi connectivity index (χ2v) is 5.79. The zero-order chi connectivity index (χ0) is 14.5. The van der Waals surface area contributed by atoms with Crippen molar-refractivity contribution in [3.63, 3.8) is 0 Å². The molecule has 0 aliphatic carbocycles. The standard InChI is InChI=1S/C14H24N4O/c1-6-15-12-9-16-11(8-17-12)13(19)18-7-10(2)14(3,4)5/h8-10H,6-7H2,1-5H3,(H,15,17)(H,18,19). The molecule has 5 heteroatoms. The van der Waals surface area contributed by atoms with Crippen molar-refractivity contribution < 1.29 is 4.79 Å². The number of nitrogens with one attached hydrogen (secondary N) is 2. The van der Waals surface area contributed by atoms with Gasteiger partial charge in [0.1, 0.15) is 11.5 Å². The largest absolute Gasteiger partial charge is 0.369 e. The first-order chi connectivity index (χ1) is 8.84. The molecule has 1 aromatic rings. The van der Waals surface area contributed by atoms with Crippen LogP contribution in [-0.2, 0) is 0 Å². The van der Waals surface area contributed by atoms with E-state index >= 15 is 0 Å². The topological polar surface area (TPSA) is 66.9 Å². The summed E-state index contributed by atoms with van der Waals surface area (Å²) in [6.45, 7) is 12.0. The lowest BCUT2D eigenvalue weighted by molar-refractivity contribution is 0.0931. The number of carbonyl (C=O) groups excluding carboxylic acids is 1. The molecule has 1 unspecified atom stereocenters. The minimum absolute atomic E-state index is 0.174. The predicted molar refractivity (Wildman–Crippen MR) is 77.1 cm³/mol. The molecule has 0 bridgehead atoms. The Balaban J connectivity index is 2.54. The van der Waals surface area contributed by atoms with Gasteiger partial charge < -0.3 is 10.6 Å². The first-order valence-electron chi connectivity index (χ1n) is 6.68. The molecule has 0 fully saturated rings. The van der Waals surface area contributed by atoms with Crippen LogP contribution in [0.2, 0.25) is 0 Å². The maximum Gasteiger partial charge on any atom is 0.271 e. The van der Waals surface area contributed by atoms with Crippen molar-refractivity contribution in [1.29, 1.82) is 0 Å². The molecule has 1 amide bonds. The molecular weight excluding hydrogens is 240 g/mol. The summed E-state index contributed by atoms with van der Waals surface area (Å²) in [4.78, 5) is 20.1. The van der Waals surface area contributed by atoms with Crippen molar-refractivity contribution in [1.82, 2.24) is 15.3 Å². The highest BCUT2D eigenvalue weighted by Crippen LogP contribution is 2.24. The van der Waals surface area contributed by atoms with Crippen molar-refractivity contribution in [2.75, 3.05) is 18.4 Å². The number of nitrogens with zero attached hydrogens (tertiary/aromatic N) is 2. The van der Waals surface area contributed by atoms with Crippen molar-refractivity contribution in [3.8, 4) is 0 Å². The molecule has 1 rings (SSSR count). The third kappa shape index (κ3) is 4.85. The van der Waals surface area contributed by atoms with Crippen LogP contribution in [0.1, 0.15) is 45.1 Å². The fourth-order valence-corrected chi connectivity index (χ4v) is 1.36. The van der Waals surface area contributed by atoms with E-state index in [9.17, 15) is 4.79 Å². The van der Waals surface area contributed by atoms with Gasteiger partial charge in [-0.05, 0) is 18.3 Å². The summed E-state index contributed by atoms with van der Waals surface area (Å²) in [6, 6.07) is 0. The Morgan fingerprint density at radius 2 is 2.00 bits per heavy atom. The molecule has 106 valence electrons. The van der Waals surface area contributed by atoms with Gasteiger partial charge >= 0.3 is 0 Å². The smallest absolute Gasteiger partial charge is 0.271 e. The molecule has 0 aliphatic heterocycles. The van der Waals surface area contributed by atoms with Crippen LogP contribution in [0, 0.1) is 11.3 Å². The zero-order valence-corrected chi connectivity index (χ0v) is 12.4. The molecule has 5 nitrogen and oxygen atoms in total. The van der Waals surface area contributed by atoms with Crippen molar-refractivity contribution >= 4 is 11.7 Å². The monoisotopic (exact) mass is 264 g/mol. The Hall–Kier alpha value is -1.65. The van der Waals surface area contributed by atoms with E-state index < -0.39 is 0 Å². The summed E-state index contributed by atoms with van der Waals surface area (Å²) < 4.78 is 0. The van der Waals surface area contributed by atoms with E-state index in [2.05, 4.69) is 48.3 Å². The number of hydrogen-bond donors (Lipinski definition) is 2. The summed E-state index contributed by atoms with van der Waals surface area (Å²) in [7, 11) is 0. The summed E-state index contributed by atoms with van der Waals surface area (Å²) in [5, 5.41) is 5.93. The minimum atomic E-state index is -0.174. The highest BCUT2D eigenvalue weighted by molar-refractivity contribution is 5.91. The molecule has 1 heterocycles. The molecule has 1 aromatic heterocycles. The van der Waals surface area contributed by atoms with E-state index in [0.29, 0.717) is 24.0 Å². The second-order valence-electron chi connectivity index (χ2n) is 5.79. The Bertz CT molecular complexity index is 408. The molecule has 0 aromatic carbocycles. The van der Waals surface area contributed by atoms with Crippen LogP contribution < -0.4 is 10.6 Å². The number of hydrogen-bond acceptors (Lipinski definition) is 4. The molecule has 2 N–H and O–H groups in total. The van der Waals surface area contributed by atoms with Gasteiger partial charge in [-0.2, -0.15) is 0 Å². The first-order valence-corrected chi connectivity index (χ1v) is 6.68. The Kier molecular flexibility index (Phi) is 5.27. The summed E-state index contributed by atoms with van der Waals surface area (Å²) in [6.07, 6.45) is 3.07. The van der Waals surface area contributed by atoms with Gasteiger partial charge in [-0.3, -0.25) is 4.79 Å². The molecule has 0 saturated heterocycles. The number of aromatic nitrogens is 2. The predicted octanol–water partition coefficient (Wildman–Crippen LogP) is 2.32. The Morgan fingerprint density at radius 1 is 1.32 bits per heavy atom. The molecule has 19 heavy (non-hydrogen) atoms. The molecule has 0 saturated carbocycles. The van der Waals surface area contributed by atoms with Crippen LogP contribution >= 0.6 is 0 Å². The lowest BCUT2D eigenvalue weighted by atomic mass is 9.82. The average molecular weight is 264 g/mol. The van der Waals surface area contributed by atoms with Crippen LogP contribution in [-0.4, -0.2) is 29.0 Å². The van der Waals surface area contributed by atoms with E-state index in [-0.39, 0.29) is 11.3 Å². The average Bonchev–Trinajstić information content (AvgIpc) is 2.35. The summed E-state index contributed by atoms with van der Waals surface area (Å²) in [5.41, 5.74) is 0.524. The number of anilines is 1. The normalized spacial score (nSPS) is 12.9. The van der Waals surface area contributed by atoms with Gasteiger partial charge in [0.25, 0.3) is 5.91 Å². The van der Waals surface area contributed by atoms with Gasteiger partial charge in [-0.1, -0.05) is 27.7 Å². The zero-order valence-electron chi connectivity index (χ0n) is 12.4. The third-order valence-electron chi connectivity index (χ3n) is 3.29. The van der Waals surface area contributed by atoms with Crippen LogP contribution in [0.3, 0.4) is 0 Å². The van der Waals surface area contributed by atoms with Gasteiger partial charge in [0.2, 0.25) is 0 Å². The third-order valence-corrected chi connectivity index (χ3v) is 3.29. The second kappa shape index (κ2) is 6.50. The van der Waals surface area contributed by atoms with Crippen molar-refractivity contribution in [3.05, 3.63) is 18.1 Å². The maximum absolute atomic E-state index is 11.9. The quantitative estimate of drug-likeness (QED) is 0.856. The fourth-order valence-electron chi connectivity index (χ4n) is 1.36. The number of amides is 1. The van der Waals surface area contributed by atoms with Gasteiger partial charge in [-0.15, -0.1) is 0 Å². The highest BCUT2D eigenvalue weighted by atomic mass is 16.1. The fraction of sp³-hybridized carbons (Fsp3) is 0.643. The summed E-state index contributed by atoms with van der Waals surface area (Å²) in [5.74, 6) is 0.902. The lowest BCUT2D eigenvalue weighted by Gasteiger charge is -2.27. The van der Waals surface area contributed by atoms with E-state index in [1.54, 1.807) is 6.20 Å². The van der Waals surface area contributed by atoms with E-state index in [1.165, 1.54) is 6.20 Å². The first kappa shape index (κ1) is 15.4. The number of carbonyl (C=O) groups is 1. The van der Waals surface area contributed by atoms with Gasteiger partial charge in [-0.25, -0.2) is 9.97 Å². The minimum Gasteiger partial charge on any atom is -0.369 e. The van der Waals surface area contributed by atoms with Crippen LogP contribution in [0.4, 0.5) is 5.82 Å². The van der Waals surface area contributed by atoms with Crippen LogP contribution in [0.5, 0.6) is 0 Å². The Labute approximate surface area is 115 Å². The molecule has 0 aliphatic rings.